The normalized spacial score (nSPS) is 16.7. The van der Waals surface area contributed by atoms with Crippen LogP contribution in [-0.2, 0) is 0 Å². The Hall–Kier alpha value is -1.39. The van der Waals surface area contributed by atoms with Gasteiger partial charge in [0.1, 0.15) is 0 Å². The van der Waals surface area contributed by atoms with Crippen LogP contribution in [0.4, 0.5) is 0 Å². The van der Waals surface area contributed by atoms with Crippen LogP contribution in [0.15, 0.2) is 22.7 Å². The minimum atomic E-state index is 0.401. The molecule has 2 aromatic rings. The van der Waals surface area contributed by atoms with Gasteiger partial charge in [-0.1, -0.05) is 22.8 Å². The molecule has 1 aliphatic heterocycles. The fourth-order valence-corrected chi connectivity index (χ4v) is 2.60. The summed E-state index contributed by atoms with van der Waals surface area (Å²) >= 11 is 6.12. The predicted molar refractivity (Wildman–Crippen MR) is 74.3 cm³/mol. The van der Waals surface area contributed by atoms with Gasteiger partial charge in [0.2, 0.25) is 0 Å². The van der Waals surface area contributed by atoms with Gasteiger partial charge in [0.05, 0.1) is 0 Å². The molecule has 100 valence electrons. The summed E-state index contributed by atoms with van der Waals surface area (Å²) in [4.78, 5) is 4.54. The van der Waals surface area contributed by atoms with Crippen molar-refractivity contribution in [1.82, 2.24) is 15.5 Å². The molecule has 1 aromatic heterocycles. The lowest BCUT2D eigenvalue weighted by Gasteiger charge is -2.18. The minimum absolute atomic E-state index is 0.401. The van der Waals surface area contributed by atoms with Crippen LogP contribution >= 0.6 is 11.6 Å². The van der Waals surface area contributed by atoms with Gasteiger partial charge in [-0.25, -0.2) is 0 Å². The maximum atomic E-state index is 6.12. The maximum absolute atomic E-state index is 6.12. The van der Waals surface area contributed by atoms with E-state index in [-0.39, 0.29) is 0 Å². The summed E-state index contributed by atoms with van der Waals surface area (Å²) in [6.07, 6.45) is 2.13. The van der Waals surface area contributed by atoms with Gasteiger partial charge in [0.25, 0.3) is 5.89 Å². The highest BCUT2D eigenvalue weighted by Gasteiger charge is 2.21. The van der Waals surface area contributed by atoms with Crippen LogP contribution in [0.3, 0.4) is 0 Å². The Kier molecular flexibility index (Phi) is 3.53. The van der Waals surface area contributed by atoms with E-state index in [1.165, 1.54) is 0 Å². The number of nitrogens with zero attached hydrogens (tertiary/aromatic N) is 2. The van der Waals surface area contributed by atoms with Gasteiger partial charge in [0.15, 0.2) is 5.82 Å². The summed E-state index contributed by atoms with van der Waals surface area (Å²) in [5.74, 6) is 1.78. The van der Waals surface area contributed by atoms with E-state index in [2.05, 4.69) is 15.5 Å². The van der Waals surface area contributed by atoms with Crippen molar-refractivity contribution in [3.8, 4) is 11.5 Å². The van der Waals surface area contributed by atoms with Crippen molar-refractivity contribution in [3.63, 3.8) is 0 Å². The van der Waals surface area contributed by atoms with E-state index in [1.54, 1.807) is 0 Å². The molecule has 1 aromatic carbocycles. The molecule has 1 aliphatic rings. The van der Waals surface area contributed by atoms with Crippen molar-refractivity contribution in [1.29, 1.82) is 0 Å². The van der Waals surface area contributed by atoms with Crippen LogP contribution in [0.2, 0.25) is 5.02 Å². The molecule has 0 unspecified atom stereocenters. The van der Waals surface area contributed by atoms with E-state index in [9.17, 15) is 0 Å². The summed E-state index contributed by atoms with van der Waals surface area (Å²) in [5.41, 5.74) is 1.89. The second-order valence-electron chi connectivity index (χ2n) is 4.89. The van der Waals surface area contributed by atoms with Gasteiger partial charge in [0, 0.05) is 16.5 Å². The number of halogens is 1. The van der Waals surface area contributed by atoms with E-state index >= 15 is 0 Å². The molecular formula is C14H16ClN3O. The summed E-state index contributed by atoms with van der Waals surface area (Å²) in [5, 5.41) is 8.19. The first-order valence-corrected chi connectivity index (χ1v) is 6.93. The zero-order valence-corrected chi connectivity index (χ0v) is 11.6. The summed E-state index contributed by atoms with van der Waals surface area (Å²) in [6, 6.07) is 5.73. The lowest BCUT2D eigenvalue weighted by atomic mass is 9.97. The van der Waals surface area contributed by atoms with Gasteiger partial charge >= 0.3 is 0 Å². The summed E-state index contributed by atoms with van der Waals surface area (Å²) in [7, 11) is 0. The number of aromatic nitrogens is 2. The van der Waals surface area contributed by atoms with Crippen molar-refractivity contribution in [2.24, 2.45) is 0 Å². The summed E-state index contributed by atoms with van der Waals surface area (Å²) in [6.45, 7) is 4.00. The van der Waals surface area contributed by atoms with Crippen LogP contribution in [0.5, 0.6) is 0 Å². The third-order valence-electron chi connectivity index (χ3n) is 3.64. The molecule has 0 spiro atoms. The zero-order chi connectivity index (χ0) is 13.2. The van der Waals surface area contributed by atoms with E-state index in [0.717, 1.165) is 47.9 Å². The monoisotopic (exact) mass is 277 g/mol. The first-order valence-electron chi connectivity index (χ1n) is 6.55. The lowest BCUT2D eigenvalue weighted by molar-refractivity contribution is 0.392. The van der Waals surface area contributed by atoms with Crippen molar-refractivity contribution in [2.45, 2.75) is 25.7 Å². The standard InChI is InChI=1S/C14H16ClN3O/c1-9-11(3-2-4-12(9)15)14-17-13(18-19-14)10-5-7-16-8-6-10/h2-4,10,16H,5-8H2,1H3. The topological polar surface area (TPSA) is 51.0 Å². The molecule has 4 nitrogen and oxygen atoms in total. The van der Waals surface area contributed by atoms with Crippen molar-refractivity contribution in [3.05, 3.63) is 34.6 Å². The smallest absolute Gasteiger partial charge is 0.258 e. The molecule has 2 heterocycles. The molecule has 3 rings (SSSR count). The molecule has 0 saturated carbocycles. The van der Waals surface area contributed by atoms with E-state index in [0.29, 0.717) is 11.8 Å². The number of hydrogen-bond donors (Lipinski definition) is 1. The van der Waals surface area contributed by atoms with Crippen LogP contribution in [0, 0.1) is 6.92 Å². The average molecular weight is 278 g/mol. The Labute approximate surface area is 117 Å². The van der Waals surface area contributed by atoms with Crippen LogP contribution in [0.25, 0.3) is 11.5 Å². The highest BCUT2D eigenvalue weighted by Crippen LogP contribution is 2.29. The highest BCUT2D eigenvalue weighted by atomic mass is 35.5. The van der Waals surface area contributed by atoms with Gasteiger partial charge in [-0.15, -0.1) is 0 Å². The van der Waals surface area contributed by atoms with Gasteiger partial charge in [-0.2, -0.15) is 4.98 Å². The quantitative estimate of drug-likeness (QED) is 0.916. The molecule has 19 heavy (non-hydrogen) atoms. The molecule has 5 heteroatoms. The highest BCUT2D eigenvalue weighted by molar-refractivity contribution is 6.31. The van der Waals surface area contributed by atoms with Crippen LogP contribution in [0.1, 0.15) is 30.1 Å². The molecule has 0 atom stereocenters. The Balaban J connectivity index is 1.90. The number of hydrogen-bond acceptors (Lipinski definition) is 4. The van der Waals surface area contributed by atoms with E-state index < -0.39 is 0 Å². The Morgan fingerprint density at radius 2 is 2.11 bits per heavy atom. The maximum Gasteiger partial charge on any atom is 0.258 e. The Bertz CT molecular complexity index is 576. The van der Waals surface area contributed by atoms with Gasteiger partial charge in [-0.05, 0) is 50.6 Å². The first-order chi connectivity index (χ1) is 9.25. The zero-order valence-electron chi connectivity index (χ0n) is 10.8. The Morgan fingerprint density at radius 1 is 1.32 bits per heavy atom. The van der Waals surface area contributed by atoms with E-state index in [1.807, 2.05) is 25.1 Å². The van der Waals surface area contributed by atoms with Crippen LogP contribution in [-0.4, -0.2) is 23.2 Å². The Morgan fingerprint density at radius 3 is 2.89 bits per heavy atom. The minimum Gasteiger partial charge on any atom is -0.334 e. The predicted octanol–water partition coefficient (Wildman–Crippen LogP) is 3.17. The van der Waals surface area contributed by atoms with Crippen molar-refractivity contribution in [2.75, 3.05) is 13.1 Å². The molecule has 0 radical (unpaired) electrons. The third-order valence-corrected chi connectivity index (χ3v) is 4.05. The number of piperidine rings is 1. The number of nitrogens with one attached hydrogen (secondary N) is 1. The number of rotatable bonds is 2. The largest absolute Gasteiger partial charge is 0.334 e. The molecule has 1 saturated heterocycles. The van der Waals surface area contributed by atoms with Gasteiger partial charge < -0.3 is 9.84 Å². The second kappa shape index (κ2) is 5.31. The second-order valence-corrected chi connectivity index (χ2v) is 5.30. The SMILES string of the molecule is Cc1c(Cl)cccc1-c1nc(C2CCNCC2)no1. The molecule has 0 aliphatic carbocycles. The molecular weight excluding hydrogens is 262 g/mol. The third kappa shape index (κ3) is 2.51. The van der Waals surface area contributed by atoms with Crippen molar-refractivity contribution >= 4 is 11.6 Å². The summed E-state index contributed by atoms with van der Waals surface area (Å²) < 4.78 is 5.40. The van der Waals surface area contributed by atoms with E-state index in [4.69, 9.17) is 16.1 Å². The lowest BCUT2D eigenvalue weighted by Crippen LogP contribution is -2.27. The number of benzene rings is 1. The average Bonchev–Trinajstić information content (AvgIpc) is 2.92. The first kappa shape index (κ1) is 12.6. The molecule has 1 fully saturated rings. The fraction of sp³-hybridized carbons (Fsp3) is 0.429. The van der Waals surface area contributed by atoms with Crippen molar-refractivity contribution < 1.29 is 4.52 Å². The molecule has 0 bridgehead atoms. The van der Waals surface area contributed by atoms with Gasteiger partial charge in [-0.3, -0.25) is 0 Å². The molecule has 1 N–H and O–H groups in total. The molecule has 0 amide bonds. The van der Waals surface area contributed by atoms with Crippen LogP contribution < -0.4 is 5.32 Å². The fourth-order valence-electron chi connectivity index (χ4n) is 2.43.